The zero-order valence-corrected chi connectivity index (χ0v) is 26.5. The molecular formula is C30H40N6O7S. The summed E-state index contributed by atoms with van der Waals surface area (Å²) in [5, 5.41) is 0.277. The molecule has 3 atom stereocenters. The van der Waals surface area contributed by atoms with E-state index in [-0.39, 0.29) is 45.9 Å². The van der Waals surface area contributed by atoms with E-state index in [1.54, 1.807) is 22.8 Å². The highest BCUT2D eigenvalue weighted by Crippen LogP contribution is 2.41. The highest BCUT2D eigenvalue weighted by Gasteiger charge is 2.39. The average Bonchev–Trinajstić information content (AvgIpc) is 3.75. The predicted octanol–water partition coefficient (Wildman–Crippen LogP) is 2.15. The Kier molecular flexibility index (Phi) is 9.78. The number of amides is 2. The van der Waals surface area contributed by atoms with Crippen LogP contribution in [-0.4, -0.2) is 114 Å². The zero-order valence-electron chi connectivity index (χ0n) is 25.7. The number of methoxy groups -OCH3 is 2. The number of rotatable bonds is 9. The minimum absolute atomic E-state index is 0.00368. The van der Waals surface area contributed by atoms with Crippen molar-refractivity contribution in [1.82, 2.24) is 19.8 Å². The number of aromatic nitrogens is 2. The van der Waals surface area contributed by atoms with Crippen LogP contribution in [0.2, 0.25) is 0 Å². The molecule has 0 saturated carbocycles. The van der Waals surface area contributed by atoms with Crippen LogP contribution in [0.5, 0.6) is 11.5 Å². The lowest BCUT2D eigenvalue weighted by atomic mass is 10.0. The van der Waals surface area contributed by atoms with Crippen LogP contribution in [0.4, 0.5) is 11.6 Å². The van der Waals surface area contributed by atoms with E-state index in [1.165, 1.54) is 21.1 Å². The summed E-state index contributed by atoms with van der Waals surface area (Å²) >= 11 is 1.10. The molecule has 14 heteroatoms. The van der Waals surface area contributed by atoms with Crippen LogP contribution < -0.4 is 20.1 Å². The van der Waals surface area contributed by atoms with E-state index in [0.29, 0.717) is 80.5 Å². The number of nitrogens with zero attached hydrogens (tertiary/aromatic N) is 5. The molecule has 3 aliphatic heterocycles. The molecular weight excluding hydrogens is 588 g/mol. The van der Waals surface area contributed by atoms with Gasteiger partial charge in [-0.25, -0.2) is 9.97 Å². The molecule has 0 radical (unpaired) electrons. The fourth-order valence-corrected chi connectivity index (χ4v) is 6.74. The molecule has 4 heterocycles. The first kappa shape index (κ1) is 31.8. The van der Waals surface area contributed by atoms with Gasteiger partial charge >= 0.3 is 0 Å². The maximum absolute atomic E-state index is 14.3. The summed E-state index contributed by atoms with van der Waals surface area (Å²) in [6.45, 7) is 6.17. The van der Waals surface area contributed by atoms with Gasteiger partial charge in [-0.1, -0.05) is 18.7 Å². The topological polar surface area (TPSA) is 157 Å². The number of nitrogens with two attached hydrogens (primary N) is 1. The number of likely N-dealkylation sites (tertiary alicyclic amines) is 1. The van der Waals surface area contributed by atoms with Gasteiger partial charge in [-0.15, -0.1) is 0 Å². The SMILES string of the molecule is COc1cc2nc(N3CCN(C(=O)C4CCCO4)CC3)nc(C(=O)C3CCCN3C(=O)C(C)CSC(C)=O)c2c(N)c1OC. The second-order valence-corrected chi connectivity index (χ2v) is 12.6. The summed E-state index contributed by atoms with van der Waals surface area (Å²) in [4.78, 5) is 67.1. The maximum Gasteiger partial charge on any atom is 0.251 e. The fourth-order valence-electron chi connectivity index (χ4n) is 6.11. The van der Waals surface area contributed by atoms with Gasteiger partial charge < -0.3 is 34.6 Å². The van der Waals surface area contributed by atoms with Gasteiger partial charge in [0.25, 0.3) is 5.91 Å². The Balaban J connectivity index is 1.48. The van der Waals surface area contributed by atoms with E-state index in [9.17, 15) is 19.2 Å². The number of benzene rings is 1. The lowest BCUT2D eigenvalue weighted by molar-refractivity contribution is -0.141. The zero-order chi connectivity index (χ0) is 31.5. The molecule has 3 aliphatic rings. The van der Waals surface area contributed by atoms with Crippen molar-refractivity contribution in [1.29, 1.82) is 0 Å². The molecule has 0 aliphatic carbocycles. The monoisotopic (exact) mass is 628 g/mol. The Morgan fingerprint density at radius 2 is 1.82 bits per heavy atom. The molecule has 238 valence electrons. The van der Waals surface area contributed by atoms with Crippen LogP contribution in [0.3, 0.4) is 0 Å². The number of anilines is 2. The van der Waals surface area contributed by atoms with Crippen molar-refractivity contribution in [2.24, 2.45) is 5.92 Å². The van der Waals surface area contributed by atoms with Gasteiger partial charge in [-0.2, -0.15) is 0 Å². The minimum Gasteiger partial charge on any atom is -0.493 e. The number of nitrogen functional groups attached to an aromatic ring is 1. The summed E-state index contributed by atoms with van der Waals surface area (Å²) in [5.74, 6) is 0.371. The predicted molar refractivity (Wildman–Crippen MR) is 166 cm³/mol. The summed E-state index contributed by atoms with van der Waals surface area (Å²) in [6.07, 6.45) is 2.39. The molecule has 0 spiro atoms. The normalized spacial score (nSPS) is 21.0. The number of hydrogen-bond acceptors (Lipinski definition) is 12. The lowest BCUT2D eigenvalue weighted by Crippen LogP contribution is -2.52. The fraction of sp³-hybridized carbons (Fsp3) is 0.600. The van der Waals surface area contributed by atoms with Crippen molar-refractivity contribution < 1.29 is 33.4 Å². The third kappa shape index (κ3) is 6.27. The first-order chi connectivity index (χ1) is 21.1. The number of hydrogen-bond donors (Lipinski definition) is 1. The number of piperazine rings is 1. The second kappa shape index (κ2) is 13.6. The van der Waals surface area contributed by atoms with E-state index >= 15 is 0 Å². The second-order valence-electron chi connectivity index (χ2n) is 11.4. The van der Waals surface area contributed by atoms with Gasteiger partial charge in [-0.3, -0.25) is 19.2 Å². The molecule has 0 bridgehead atoms. The quantitative estimate of drug-likeness (QED) is 0.319. The summed E-state index contributed by atoms with van der Waals surface area (Å²) < 4.78 is 16.6. The summed E-state index contributed by atoms with van der Waals surface area (Å²) in [5.41, 5.74) is 7.26. The van der Waals surface area contributed by atoms with Crippen molar-refractivity contribution in [3.63, 3.8) is 0 Å². The van der Waals surface area contributed by atoms with Crippen molar-refractivity contribution in [3.8, 4) is 11.5 Å². The first-order valence-corrected chi connectivity index (χ1v) is 16.0. The Hall–Kier alpha value is -3.65. The molecule has 1 aromatic carbocycles. The van der Waals surface area contributed by atoms with Crippen LogP contribution in [0.1, 0.15) is 50.0 Å². The molecule has 13 nitrogen and oxygen atoms in total. The van der Waals surface area contributed by atoms with Crippen LogP contribution in [0.15, 0.2) is 6.07 Å². The number of ketones is 1. The molecule has 3 saturated heterocycles. The van der Waals surface area contributed by atoms with Crippen LogP contribution >= 0.6 is 11.8 Å². The van der Waals surface area contributed by atoms with Gasteiger partial charge in [0.2, 0.25) is 17.6 Å². The number of thioether (sulfide) groups is 1. The van der Waals surface area contributed by atoms with Gasteiger partial charge in [0, 0.05) is 64.0 Å². The molecule has 5 rings (SSSR count). The Labute approximate surface area is 260 Å². The molecule has 2 N–H and O–H groups in total. The molecule has 2 amide bonds. The van der Waals surface area contributed by atoms with E-state index in [0.717, 1.165) is 24.6 Å². The third-order valence-corrected chi connectivity index (χ3v) is 9.54. The van der Waals surface area contributed by atoms with E-state index < -0.39 is 12.0 Å². The maximum atomic E-state index is 14.3. The number of ether oxygens (including phenoxy) is 3. The Morgan fingerprint density at radius 3 is 2.45 bits per heavy atom. The number of carbonyl (C=O) groups is 4. The van der Waals surface area contributed by atoms with E-state index in [4.69, 9.17) is 29.9 Å². The van der Waals surface area contributed by atoms with Gasteiger partial charge in [-0.05, 0) is 25.7 Å². The summed E-state index contributed by atoms with van der Waals surface area (Å²) in [6, 6.07) is 0.939. The van der Waals surface area contributed by atoms with Crippen LogP contribution in [0.25, 0.3) is 10.9 Å². The highest BCUT2D eigenvalue weighted by atomic mass is 32.2. The van der Waals surface area contributed by atoms with E-state index in [2.05, 4.69) is 0 Å². The standard InChI is InChI=1S/C30H40N6O7S/c1-17(16-44-18(2)37)28(39)36-9-5-7-20(36)26(38)25-23-19(15-22(41-3)27(42-4)24(23)31)32-30(33-25)35-12-10-34(11-13-35)29(40)21-8-6-14-43-21/h15,17,20-21H,5-14,16,31H2,1-4H3. The van der Waals surface area contributed by atoms with Gasteiger partial charge in [0.1, 0.15) is 11.8 Å². The van der Waals surface area contributed by atoms with Crippen molar-refractivity contribution in [3.05, 3.63) is 11.8 Å². The van der Waals surface area contributed by atoms with Crippen molar-refractivity contribution in [2.75, 3.05) is 69.9 Å². The van der Waals surface area contributed by atoms with Crippen LogP contribution in [0, 0.1) is 5.92 Å². The molecule has 3 fully saturated rings. The average molecular weight is 629 g/mol. The van der Waals surface area contributed by atoms with Crippen LogP contribution in [-0.2, 0) is 19.1 Å². The number of carbonyl (C=O) groups excluding carboxylic acids is 4. The van der Waals surface area contributed by atoms with Gasteiger partial charge in [0.15, 0.2) is 16.6 Å². The smallest absolute Gasteiger partial charge is 0.251 e. The largest absolute Gasteiger partial charge is 0.493 e. The number of Topliss-reactive ketones (excluding diaryl/α,β-unsaturated/α-hetero) is 1. The molecule has 2 aromatic rings. The van der Waals surface area contributed by atoms with Crippen molar-refractivity contribution >= 4 is 57.0 Å². The molecule has 3 unspecified atom stereocenters. The number of fused-ring (bicyclic) bond motifs is 1. The molecule has 1 aromatic heterocycles. The molecule has 44 heavy (non-hydrogen) atoms. The summed E-state index contributed by atoms with van der Waals surface area (Å²) in [7, 11) is 2.96. The van der Waals surface area contributed by atoms with Crippen molar-refractivity contribution in [2.45, 2.75) is 51.7 Å². The minimum atomic E-state index is -0.730. The first-order valence-electron chi connectivity index (χ1n) is 15.0. The third-order valence-electron chi connectivity index (χ3n) is 8.46. The van der Waals surface area contributed by atoms with E-state index in [1.807, 2.05) is 4.90 Å². The Morgan fingerprint density at radius 1 is 1.07 bits per heavy atom. The Bertz CT molecular complexity index is 1440. The highest BCUT2D eigenvalue weighted by molar-refractivity contribution is 8.13. The van der Waals surface area contributed by atoms with Gasteiger partial charge in [0.05, 0.1) is 36.9 Å². The lowest BCUT2D eigenvalue weighted by Gasteiger charge is -2.36.